The van der Waals surface area contributed by atoms with Crippen LogP contribution in [0.1, 0.15) is 11.4 Å². The molecular formula is C23H21Cl2N5O4. The summed E-state index contributed by atoms with van der Waals surface area (Å²) in [6.45, 7) is 2.69. The van der Waals surface area contributed by atoms with Crippen molar-refractivity contribution in [1.82, 2.24) is 24.3 Å². The summed E-state index contributed by atoms with van der Waals surface area (Å²) in [6, 6.07) is 12.4. The number of ether oxygens (including phenoxy) is 3. The topological polar surface area (TPSA) is 96.2 Å². The number of aromatic amines is 1. The summed E-state index contributed by atoms with van der Waals surface area (Å²) in [5.74, 6) is 0.101. The Bertz CT molecular complexity index is 1340. The van der Waals surface area contributed by atoms with Gasteiger partial charge in [-0.05, 0) is 43.3 Å². The highest BCUT2D eigenvalue weighted by Crippen LogP contribution is 2.40. The third-order valence-corrected chi connectivity index (χ3v) is 6.07. The molecule has 2 aromatic carbocycles. The predicted molar refractivity (Wildman–Crippen MR) is 126 cm³/mol. The molecule has 0 spiro atoms. The van der Waals surface area contributed by atoms with Gasteiger partial charge in [0.15, 0.2) is 0 Å². The quantitative estimate of drug-likeness (QED) is 0.414. The van der Waals surface area contributed by atoms with Crippen molar-refractivity contribution < 1.29 is 14.2 Å². The van der Waals surface area contributed by atoms with Crippen molar-refractivity contribution in [3.8, 4) is 11.4 Å². The minimum Gasteiger partial charge on any atom is -0.491 e. The molecule has 1 aliphatic heterocycles. The van der Waals surface area contributed by atoms with Crippen LogP contribution in [0.5, 0.6) is 5.75 Å². The number of rotatable bonds is 7. The molecule has 176 valence electrons. The summed E-state index contributed by atoms with van der Waals surface area (Å²) in [5, 5.41) is 7.33. The molecule has 0 radical (unpaired) electrons. The highest BCUT2D eigenvalue weighted by atomic mass is 35.5. The van der Waals surface area contributed by atoms with Crippen LogP contribution in [-0.2, 0) is 21.8 Å². The van der Waals surface area contributed by atoms with Crippen LogP contribution in [0.2, 0.25) is 10.0 Å². The molecule has 5 rings (SSSR count). The first-order valence-electron chi connectivity index (χ1n) is 10.5. The Hall–Kier alpha value is -3.11. The maximum atomic E-state index is 11.9. The largest absolute Gasteiger partial charge is 0.491 e. The van der Waals surface area contributed by atoms with Crippen molar-refractivity contribution in [3.63, 3.8) is 0 Å². The van der Waals surface area contributed by atoms with Gasteiger partial charge in [0, 0.05) is 23.0 Å². The summed E-state index contributed by atoms with van der Waals surface area (Å²) in [5.41, 5.74) is 1.08. The molecule has 3 heterocycles. The lowest BCUT2D eigenvalue weighted by molar-refractivity contribution is -0.189. The number of halogens is 2. The van der Waals surface area contributed by atoms with E-state index in [-0.39, 0.29) is 18.4 Å². The van der Waals surface area contributed by atoms with Gasteiger partial charge in [0.25, 0.3) is 0 Å². The lowest BCUT2D eigenvalue weighted by Gasteiger charge is -2.30. The molecule has 0 saturated carbocycles. The number of nitrogens with zero attached hydrogens (tertiary/aromatic N) is 4. The summed E-state index contributed by atoms with van der Waals surface area (Å²) in [4.78, 5) is 16.0. The Morgan fingerprint density at radius 2 is 2.06 bits per heavy atom. The molecule has 34 heavy (non-hydrogen) atoms. The second-order valence-electron chi connectivity index (χ2n) is 7.88. The van der Waals surface area contributed by atoms with Crippen molar-refractivity contribution in [3.05, 3.63) is 93.1 Å². The standard InChI is InChI=1S/C23H21Cl2N5O4/c1-15-27-28-22(31)30(15)17-3-5-18(6-4-17)32-11-19-12-33-23(34-19,13-29-9-8-26-14-29)20-7-2-16(24)10-21(20)25/h2-10,14,19H,11-13H2,1H3,(H,28,31). The van der Waals surface area contributed by atoms with E-state index in [1.54, 1.807) is 55.8 Å². The molecule has 1 saturated heterocycles. The maximum Gasteiger partial charge on any atom is 0.347 e. The van der Waals surface area contributed by atoms with E-state index < -0.39 is 5.79 Å². The predicted octanol–water partition coefficient (Wildman–Crippen LogP) is 3.72. The van der Waals surface area contributed by atoms with Gasteiger partial charge in [0.2, 0.25) is 5.79 Å². The first-order valence-corrected chi connectivity index (χ1v) is 11.3. The molecule has 2 atom stereocenters. The van der Waals surface area contributed by atoms with Gasteiger partial charge in [0.05, 0.1) is 30.2 Å². The molecule has 0 aliphatic carbocycles. The number of imidazole rings is 1. The average molecular weight is 502 g/mol. The van der Waals surface area contributed by atoms with E-state index in [4.69, 9.17) is 37.4 Å². The van der Waals surface area contributed by atoms with Crippen LogP contribution in [0.4, 0.5) is 0 Å². The number of H-pyrrole nitrogens is 1. The Morgan fingerprint density at radius 3 is 2.74 bits per heavy atom. The Balaban J connectivity index is 1.30. The summed E-state index contributed by atoms with van der Waals surface area (Å²) >= 11 is 12.6. The molecule has 1 N–H and O–H groups in total. The van der Waals surface area contributed by atoms with Crippen molar-refractivity contribution >= 4 is 23.2 Å². The van der Waals surface area contributed by atoms with Crippen molar-refractivity contribution in [1.29, 1.82) is 0 Å². The molecule has 0 bridgehead atoms. The Morgan fingerprint density at radius 1 is 1.24 bits per heavy atom. The lowest BCUT2D eigenvalue weighted by atomic mass is 10.1. The van der Waals surface area contributed by atoms with Crippen LogP contribution in [0, 0.1) is 6.92 Å². The third kappa shape index (κ3) is 4.47. The van der Waals surface area contributed by atoms with Crippen LogP contribution in [0.15, 0.2) is 66.0 Å². The SMILES string of the molecule is Cc1n[nH]c(=O)n1-c1ccc(OCC2COC(Cn3ccnc3)(c3ccc(Cl)cc3Cl)O2)cc1. The van der Waals surface area contributed by atoms with E-state index in [1.807, 2.05) is 16.8 Å². The van der Waals surface area contributed by atoms with E-state index in [9.17, 15) is 4.79 Å². The van der Waals surface area contributed by atoms with E-state index in [1.165, 1.54) is 4.57 Å². The number of hydrogen-bond acceptors (Lipinski definition) is 6. The highest BCUT2D eigenvalue weighted by Gasteiger charge is 2.45. The summed E-state index contributed by atoms with van der Waals surface area (Å²) < 4.78 is 21.9. The second-order valence-corrected chi connectivity index (χ2v) is 8.72. The number of hydrogen-bond donors (Lipinski definition) is 1. The maximum absolute atomic E-state index is 11.9. The van der Waals surface area contributed by atoms with Gasteiger partial charge in [-0.1, -0.05) is 29.3 Å². The van der Waals surface area contributed by atoms with Crippen molar-refractivity contribution in [2.75, 3.05) is 13.2 Å². The zero-order valence-corrected chi connectivity index (χ0v) is 19.7. The minimum atomic E-state index is -1.11. The van der Waals surface area contributed by atoms with Crippen molar-refractivity contribution in [2.45, 2.75) is 25.4 Å². The van der Waals surface area contributed by atoms with Crippen LogP contribution in [0.25, 0.3) is 5.69 Å². The van der Waals surface area contributed by atoms with Gasteiger partial charge in [-0.3, -0.25) is 0 Å². The van der Waals surface area contributed by atoms with Crippen LogP contribution in [0.3, 0.4) is 0 Å². The fourth-order valence-corrected chi connectivity index (χ4v) is 4.49. The van der Waals surface area contributed by atoms with Gasteiger partial charge in [0.1, 0.15) is 24.3 Å². The first-order chi connectivity index (χ1) is 16.4. The van der Waals surface area contributed by atoms with Gasteiger partial charge >= 0.3 is 5.69 Å². The average Bonchev–Trinajstić information content (AvgIpc) is 3.55. The van der Waals surface area contributed by atoms with Gasteiger partial charge < -0.3 is 18.8 Å². The fraction of sp³-hybridized carbons (Fsp3) is 0.261. The fourth-order valence-electron chi connectivity index (χ4n) is 3.94. The number of aryl methyl sites for hydroxylation is 1. The van der Waals surface area contributed by atoms with Crippen molar-refractivity contribution in [2.24, 2.45) is 0 Å². The minimum absolute atomic E-state index is 0.265. The normalized spacial score (nSPS) is 20.0. The first kappa shape index (κ1) is 22.7. The molecule has 2 unspecified atom stereocenters. The number of benzene rings is 2. The lowest BCUT2D eigenvalue weighted by Crippen LogP contribution is -2.34. The number of nitrogens with one attached hydrogen (secondary N) is 1. The second kappa shape index (κ2) is 9.27. The molecule has 1 fully saturated rings. The molecule has 1 aliphatic rings. The number of aromatic nitrogens is 5. The van der Waals surface area contributed by atoms with Gasteiger partial charge in [-0.15, -0.1) is 0 Å². The van der Waals surface area contributed by atoms with E-state index in [2.05, 4.69) is 15.2 Å². The molecule has 4 aromatic rings. The summed E-state index contributed by atoms with van der Waals surface area (Å²) in [7, 11) is 0. The zero-order chi connectivity index (χ0) is 23.7. The summed E-state index contributed by atoms with van der Waals surface area (Å²) in [6.07, 6.45) is 4.87. The molecule has 0 amide bonds. The third-order valence-electron chi connectivity index (χ3n) is 5.52. The van der Waals surface area contributed by atoms with E-state index >= 15 is 0 Å². The monoisotopic (exact) mass is 501 g/mol. The van der Waals surface area contributed by atoms with Crippen LogP contribution >= 0.6 is 23.2 Å². The Kier molecular flexibility index (Phi) is 6.18. The molecular weight excluding hydrogens is 481 g/mol. The van der Waals surface area contributed by atoms with Crippen LogP contribution < -0.4 is 10.4 Å². The molecule has 9 nitrogen and oxygen atoms in total. The van der Waals surface area contributed by atoms with Gasteiger partial charge in [-0.2, -0.15) is 5.10 Å². The highest BCUT2D eigenvalue weighted by molar-refractivity contribution is 6.35. The van der Waals surface area contributed by atoms with E-state index in [0.717, 1.165) is 0 Å². The zero-order valence-electron chi connectivity index (χ0n) is 18.1. The smallest absolute Gasteiger partial charge is 0.347 e. The van der Waals surface area contributed by atoms with Crippen LogP contribution in [-0.4, -0.2) is 43.6 Å². The van der Waals surface area contributed by atoms with Gasteiger partial charge in [-0.25, -0.2) is 19.4 Å². The Labute approximate surface area is 204 Å². The van der Waals surface area contributed by atoms with E-state index in [0.29, 0.717) is 46.0 Å². The molecule has 2 aromatic heterocycles. The molecule has 11 heteroatoms.